The monoisotopic (exact) mass is 240 g/mol. The second-order valence-electron chi connectivity index (χ2n) is 4.55. The minimum atomic E-state index is -0.572. The number of rotatable bonds is 4. The van der Waals surface area contributed by atoms with Gasteiger partial charge < -0.3 is 5.32 Å². The number of hydrogen-bond acceptors (Lipinski definition) is 3. The Balaban J connectivity index is 3.13. The average molecular weight is 240 g/mol. The second-order valence-corrected chi connectivity index (χ2v) is 4.55. The number of anilines is 1. The molecule has 1 rings (SSSR count). The van der Waals surface area contributed by atoms with Crippen molar-refractivity contribution in [2.24, 2.45) is 5.92 Å². The summed E-state index contributed by atoms with van der Waals surface area (Å²) in [4.78, 5) is 10.3. The highest BCUT2D eigenvalue weighted by Gasteiger charge is 2.19. The fourth-order valence-corrected chi connectivity index (χ4v) is 1.35. The van der Waals surface area contributed by atoms with Crippen molar-refractivity contribution in [1.82, 2.24) is 0 Å². The van der Waals surface area contributed by atoms with Crippen LogP contribution in [0.5, 0.6) is 0 Å². The molecule has 1 aromatic rings. The molecular weight excluding hydrogens is 223 g/mol. The highest BCUT2D eigenvalue weighted by molar-refractivity contribution is 5.63. The van der Waals surface area contributed by atoms with E-state index in [1.807, 2.05) is 20.8 Å². The molecule has 0 aliphatic heterocycles. The van der Waals surface area contributed by atoms with E-state index in [1.54, 1.807) is 6.92 Å². The molecule has 1 aromatic carbocycles. The maximum Gasteiger partial charge on any atom is 0.295 e. The molecular formula is C12H17FN2O2. The maximum atomic E-state index is 13.3. The third-order valence-electron chi connectivity index (χ3n) is 2.86. The molecule has 0 saturated heterocycles. The van der Waals surface area contributed by atoms with E-state index in [4.69, 9.17) is 0 Å². The van der Waals surface area contributed by atoms with Crippen LogP contribution in [-0.4, -0.2) is 11.0 Å². The molecule has 1 unspecified atom stereocenters. The van der Waals surface area contributed by atoms with Gasteiger partial charge in [0, 0.05) is 6.04 Å². The summed E-state index contributed by atoms with van der Waals surface area (Å²) in [6.07, 6.45) is 0. The quantitative estimate of drug-likeness (QED) is 0.647. The molecule has 1 atom stereocenters. The summed E-state index contributed by atoms with van der Waals surface area (Å²) < 4.78 is 13.3. The predicted octanol–water partition coefficient (Wildman–Crippen LogP) is 3.50. The molecule has 17 heavy (non-hydrogen) atoms. The number of benzene rings is 1. The van der Waals surface area contributed by atoms with Crippen LogP contribution in [0.25, 0.3) is 0 Å². The Labute approximate surface area is 100.0 Å². The molecule has 5 heteroatoms. The molecule has 0 aliphatic rings. The van der Waals surface area contributed by atoms with Gasteiger partial charge in [0.15, 0.2) is 0 Å². The summed E-state index contributed by atoms with van der Waals surface area (Å²) in [6, 6.07) is 2.52. The zero-order chi connectivity index (χ0) is 13.2. The van der Waals surface area contributed by atoms with Crippen molar-refractivity contribution in [2.45, 2.75) is 33.7 Å². The van der Waals surface area contributed by atoms with Crippen LogP contribution in [-0.2, 0) is 0 Å². The molecule has 0 spiro atoms. The van der Waals surface area contributed by atoms with Gasteiger partial charge in [-0.1, -0.05) is 13.8 Å². The SMILES string of the molecule is Cc1cc(NC(C)C(C)C)c([N+](=O)[O-])cc1F. The van der Waals surface area contributed by atoms with Crippen molar-refractivity contribution in [3.8, 4) is 0 Å². The van der Waals surface area contributed by atoms with Gasteiger partial charge in [0.25, 0.3) is 5.69 Å². The summed E-state index contributed by atoms with van der Waals surface area (Å²) in [5, 5.41) is 13.9. The third-order valence-corrected chi connectivity index (χ3v) is 2.86. The molecule has 0 fully saturated rings. The van der Waals surface area contributed by atoms with Crippen LogP contribution in [0.3, 0.4) is 0 Å². The molecule has 0 aromatic heterocycles. The normalized spacial score (nSPS) is 12.6. The molecule has 0 amide bonds. The van der Waals surface area contributed by atoms with Crippen molar-refractivity contribution >= 4 is 11.4 Å². The van der Waals surface area contributed by atoms with Crippen LogP contribution in [0, 0.1) is 28.8 Å². The molecule has 0 heterocycles. The van der Waals surface area contributed by atoms with Gasteiger partial charge in [-0.2, -0.15) is 0 Å². The molecule has 4 nitrogen and oxygen atoms in total. The average Bonchev–Trinajstić information content (AvgIpc) is 2.22. The topological polar surface area (TPSA) is 55.2 Å². The van der Waals surface area contributed by atoms with Crippen LogP contribution >= 0.6 is 0 Å². The molecule has 0 radical (unpaired) electrons. The number of halogens is 1. The van der Waals surface area contributed by atoms with Crippen LogP contribution in [0.2, 0.25) is 0 Å². The fraction of sp³-hybridized carbons (Fsp3) is 0.500. The van der Waals surface area contributed by atoms with Crippen molar-refractivity contribution in [2.75, 3.05) is 5.32 Å². The van der Waals surface area contributed by atoms with Gasteiger partial charge in [-0.25, -0.2) is 4.39 Å². The summed E-state index contributed by atoms with van der Waals surface area (Å²) in [5.74, 6) is -0.223. The van der Waals surface area contributed by atoms with Crippen molar-refractivity contribution in [1.29, 1.82) is 0 Å². The van der Waals surface area contributed by atoms with E-state index >= 15 is 0 Å². The molecule has 0 bridgehead atoms. The molecule has 94 valence electrons. The summed E-state index contributed by atoms with van der Waals surface area (Å²) in [5.41, 5.74) is 0.546. The van der Waals surface area contributed by atoms with Crippen molar-refractivity contribution in [3.63, 3.8) is 0 Å². The highest BCUT2D eigenvalue weighted by Crippen LogP contribution is 2.28. The fourth-order valence-electron chi connectivity index (χ4n) is 1.35. The van der Waals surface area contributed by atoms with Crippen LogP contribution in [0.4, 0.5) is 15.8 Å². The summed E-state index contributed by atoms with van der Waals surface area (Å²) >= 11 is 0. The zero-order valence-corrected chi connectivity index (χ0v) is 10.5. The van der Waals surface area contributed by atoms with E-state index < -0.39 is 10.7 Å². The van der Waals surface area contributed by atoms with Crippen LogP contribution in [0.15, 0.2) is 12.1 Å². The minimum Gasteiger partial charge on any atom is -0.377 e. The highest BCUT2D eigenvalue weighted by atomic mass is 19.1. The Kier molecular flexibility index (Phi) is 4.04. The van der Waals surface area contributed by atoms with Crippen LogP contribution < -0.4 is 5.32 Å². The van der Waals surface area contributed by atoms with E-state index in [-0.39, 0.29) is 11.7 Å². The number of nitrogens with zero attached hydrogens (tertiary/aromatic N) is 1. The zero-order valence-electron chi connectivity index (χ0n) is 10.5. The summed E-state index contributed by atoms with van der Waals surface area (Å²) in [7, 11) is 0. The van der Waals surface area contributed by atoms with Gasteiger partial charge in [-0.05, 0) is 31.4 Å². The largest absolute Gasteiger partial charge is 0.377 e. The van der Waals surface area contributed by atoms with E-state index in [9.17, 15) is 14.5 Å². The minimum absolute atomic E-state index is 0.0820. The van der Waals surface area contributed by atoms with Gasteiger partial charge in [0.05, 0.1) is 11.0 Å². The maximum absolute atomic E-state index is 13.3. The van der Waals surface area contributed by atoms with E-state index in [2.05, 4.69) is 5.32 Å². The lowest BCUT2D eigenvalue weighted by Crippen LogP contribution is -2.22. The second kappa shape index (κ2) is 5.12. The Morgan fingerprint density at radius 1 is 1.35 bits per heavy atom. The Hall–Kier alpha value is -1.65. The standard InChI is InChI=1S/C12H17FN2O2/c1-7(2)9(4)14-11-5-8(3)10(13)6-12(11)15(16)17/h5-7,9,14H,1-4H3. The number of nitro groups is 1. The molecule has 0 saturated carbocycles. The number of aryl methyl sites for hydroxylation is 1. The lowest BCUT2D eigenvalue weighted by Gasteiger charge is -2.19. The third kappa shape index (κ3) is 3.15. The van der Waals surface area contributed by atoms with Gasteiger partial charge in [-0.3, -0.25) is 10.1 Å². The van der Waals surface area contributed by atoms with Gasteiger partial charge in [0.1, 0.15) is 11.5 Å². The first-order valence-electron chi connectivity index (χ1n) is 5.54. The van der Waals surface area contributed by atoms with Crippen LogP contribution in [0.1, 0.15) is 26.3 Å². The first-order chi connectivity index (χ1) is 7.82. The van der Waals surface area contributed by atoms with Gasteiger partial charge >= 0.3 is 0 Å². The number of nitrogens with one attached hydrogen (secondary N) is 1. The first kappa shape index (κ1) is 13.4. The Morgan fingerprint density at radius 3 is 2.41 bits per heavy atom. The smallest absolute Gasteiger partial charge is 0.295 e. The Bertz CT molecular complexity index is 433. The lowest BCUT2D eigenvalue weighted by molar-refractivity contribution is -0.384. The Morgan fingerprint density at radius 2 is 1.94 bits per heavy atom. The van der Waals surface area contributed by atoms with E-state index in [0.717, 1.165) is 6.07 Å². The first-order valence-corrected chi connectivity index (χ1v) is 5.54. The number of hydrogen-bond donors (Lipinski definition) is 1. The van der Waals surface area contributed by atoms with Gasteiger partial charge in [0.2, 0.25) is 0 Å². The molecule has 1 N–H and O–H groups in total. The summed E-state index contributed by atoms with van der Waals surface area (Å²) in [6.45, 7) is 7.55. The van der Waals surface area contributed by atoms with E-state index in [1.165, 1.54) is 6.07 Å². The predicted molar refractivity (Wildman–Crippen MR) is 65.7 cm³/mol. The van der Waals surface area contributed by atoms with E-state index in [0.29, 0.717) is 17.2 Å². The van der Waals surface area contributed by atoms with Crippen molar-refractivity contribution in [3.05, 3.63) is 33.6 Å². The number of nitro benzene ring substituents is 1. The molecule has 0 aliphatic carbocycles. The lowest BCUT2D eigenvalue weighted by atomic mass is 10.1. The van der Waals surface area contributed by atoms with Gasteiger partial charge in [-0.15, -0.1) is 0 Å². The van der Waals surface area contributed by atoms with Crippen molar-refractivity contribution < 1.29 is 9.31 Å².